The van der Waals surface area contributed by atoms with Gasteiger partial charge in [0.2, 0.25) is 11.8 Å². The minimum atomic E-state index is 0.334. The van der Waals surface area contributed by atoms with Crippen LogP contribution in [0.25, 0.3) is 66.8 Å². The van der Waals surface area contributed by atoms with E-state index in [1.54, 1.807) is 12.5 Å². The molecule has 0 unspecified atom stereocenters. The molecule has 0 N–H and O–H groups in total. The molecule has 0 saturated carbocycles. The number of benzene rings is 4. The molecule has 4 aromatic carbocycles. The Hall–Kier alpha value is -5.10. The number of rotatable bonds is 4. The molecule has 0 aliphatic carbocycles. The van der Waals surface area contributed by atoms with Gasteiger partial charge in [0.05, 0.1) is 11.9 Å². The van der Waals surface area contributed by atoms with E-state index in [2.05, 4.69) is 61.9 Å². The maximum absolute atomic E-state index is 5.90. The summed E-state index contributed by atoms with van der Waals surface area (Å²) in [7, 11) is 0. The van der Waals surface area contributed by atoms with Crippen molar-refractivity contribution in [3.63, 3.8) is 0 Å². The Morgan fingerprint density at radius 2 is 1.10 bits per heavy atom. The smallest absolute Gasteiger partial charge is 0.226 e. The molecule has 6 nitrogen and oxygen atoms in total. The van der Waals surface area contributed by atoms with Crippen LogP contribution in [0.15, 0.2) is 115 Å². The lowest BCUT2D eigenvalue weighted by atomic mass is 10.1. The van der Waals surface area contributed by atoms with Crippen molar-refractivity contribution in [2.75, 3.05) is 0 Å². The number of aromatic nitrogens is 2. The van der Waals surface area contributed by atoms with Gasteiger partial charge < -0.3 is 17.7 Å². The van der Waals surface area contributed by atoms with Crippen LogP contribution in [0.4, 0.5) is 0 Å². The minimum Gasteiger partial charge on any atom is -0.456 e. The van der Waals surface area contributed by atoms with Gasteiger partial charge in [-0.15, -0.1) is 0 Å². The second kappa shape index (κ2) is 10.4. The van der Waals surface area contributed by atoms with Crippen LogP contribution in [0, 0.1) is 0 Å². The zero-order valence-corrected chi connectivity index (χ0v) is 23.9. The normalized spacial score (nSPS) is 11.8. The predicted octanol–water partition coefficient (Wildman–Crippen LogP) is 10.7. The van der Waals surface area contributed by atoms with Crippen molar-refractivity contribution in [2.24, 2.45) is 0 Å². The highest BCUT2D eigenvalue weighted by Gasteiger charge is 2.14. The summed E-state index contributed by atoms with van der Waals surface area (Å²) in [6.07, 6.45) is 3.52. The molecule has 0 saturated heterocycles. The third-order valence-electron chi connectivity index (χ3n) is 7.46. The average molecular weight is 555 g/mol. The molecule has 0 fully saturated rings. The third kappa shape index (κ3) is 4.65. The molecule has 8 rings (SSSR count). The molecule has 42 heavy (non-hydrogen) atoms. The zero-order chi connectivity index (χ0) is 28.8. The highest BCUT2D eigenvalue weighted by Crippen LogP contribution is 2.34. The molecule has 0 amide bonds. The Balaban J connectivity index is 0.000000137. The topological polar surface area (TPSA) is 78.3 Å². The van der Waals surface area contributed by atoms with Crippen molar-refractivity contribution >= 4 is 43.9 Å². The fourth-order valence-corrected chi connectivity index (χ4v) is 5.09. The fraction of sp³-hybridized carbons (Fsp3) is 0.167. The first-order chi connectivity index (χ1) is 20.4. The summed E-state index contributed by atoms with van der Waals surface area (Å²) in [4.78, 5) is 8.89. The molecule has 4 aromatic heterocycles. The van der Waals surface area contributed by atoms with E-state index < -0.39 is 0 Å². The summed E-state index contributed by atoms with van der Waals surface area (Å²) in [5.74, 6) is 2.87. The van der Waals surface area contributed by atoms with Crippen LogP contribution in [-0.4, -0.2) is 9.97 Å². The number of furan rings is 2. The minimum absolute atomic E-state index is 0.334. The molecule has 0 aliphatic rings. The van der Waals surface area contributed by atoms with Crippen molar-refractivity contribution in [3.8, 4) is 22.9 Å². The average Bonchev–Trinajstić information content (AvgIpc) is 3.80. The standard InChI is InChI=1S/2C18H15NO2/c1-11(2)15-10-20-18(19-15)12-7-8-14-13-5-3-4-6-16(13)21-17(14)9-12;1-11(2)17-10-19-18(21-17)12-7-8-14-13-5-3-4-6-15(13)20-16(14)9-12/h2*3-11H,1-2H3. The first-order valence-corrected chi connectivity index (χ1v) is 14.2. The molecule has 0 bridgehead atoms. The highest BCUT2D eigenvalue weighted by atomic mass is 16.4. The van der Waals surface area contributed by atoms with E-state index in [1.807, 2.05) is 60.7 Å². The molecule has 0 radical (unpaired) electrons. The second-order valence-corrected chi connectivity index (χ2v) is 11.1. The molecule has 4 heterocycles. The van der Waals surface area contributed by atoms with Gasteiger partial charge in [0.25, 0.3) is 0 Å². The van der Waals surface area contributed by atoms with Gasteiger partial charge >= 0.3 is 0 Å². The van der Waals surface area contributed by atoms with Gasteiger partial charge in [0.1, 0.15) is 34.4 Å². The van der Waals surface area contributed by atoms with Crippen LogP contribution >= 0.6 is 0 Å². The molecule has 0 aliphatic heterocycles. The van der Waals surface area contributed by atoms with Gasteiger partial charge in [-0.3, -0.25) is 0 Å². The van der Waals surface area contributed by atoms with Crippen LogP contribution in [0.2, 0.25) is 0 Å². The molecule has 208 valence electrons. The van der Waals surface area contributed by atoms with Gasteiger partial charge in [0, 0.05) is 38.6 Å². The van der Waals surface area contributed by atoms with Gasteiger partial charge in [-0.05, 0) is 54.4 Å². The SMILES string of the molecule is CC(C)c1cnc(-c2ccc3c(c2)oc2ccccc23)o1.CC(C)c1coc(-c2ccc3c(c2)oc2ccccc23)n1. The Morgan fingerprint density at radius 1 is 0.548 bits per heavy atom. The first kappa shape index (κ1) is 25.8. The maximum Gasteiger partial charge on any atom is 0.226 e. The monoisotopic (exact) mass is 554 g/mol. The van der Waals surface area contributed by atoms with Gasteiger partial charge in [-0.25, -0.2) is 9.97 Å². The lowest BCUT2D eigenvalue weighted by molar-refractivity contribution is 0.495. The molecule has 0 atom stereocenters. The van der Waals surface area contributed by atoms with Crippen molar-refractivity contribution in [2.45, 2.75) is 39.5 Å². The molecule has 0 spiro atoms. The summed E-state index contributed by atoms with van der Waals surface area (Å²) in [6.45, 7) is 8.38. The molecule has 6 heteroatoms. The van der Waals surface area contributed by atoms with E-state index in [1.165, 1.54) is 0 Å². The number of hydrogen-bond donors (Lipinski definition) is 0. The fourth-order valence-electron chi connectivity index (χ4n) is 5.09. The van der Waals surface area contributed by atoms with Crippen LogP contribution in [0.1, 0.15) is 51.0 Å². The Kier molecular flexibility index (Phi) is 6.39. The Morgan fingerprint density at radius 3 is 1.62 bits per heavy atom. The number of hydrogen-bond acceptors (Lipinski definition) is 6. The van der Waals surface area contributed by atoms with E-state index in [-0.39, 0.29) is 0 Å². The number of oxazole rings is 2. The highest BCUT2D eigenvalue weighted by molar-refractivity contribution is 6.06. The zero-order valence-electron chi connectivity index (χ0n) is 23.9. The largest absolute Gasteiger partial charge is 0.456 e. The van der Waals surface area contributed by atoms with Gasteiger partial charge in [0.15, 0.2) is 0 Å². The van der Waals surface area contributed by atoms with E-state index >= 15 is 0 Å². The van der Waals surface area contributed by atoms with Crippen molar-refractivity contribution in [3.05, 3.63) is 109 Å². The van der Waals surface area contributed by atoms with Crippen molar-refractivity contribution in [1.29, 1.82) is 0 Å². The van der Waals surface area contributed by atoms with Crippen LogP contribution in [-0.2, 0) is 0 Å². The van der Waals surface area contributed by atoms with Gasteiger partial charge in [-0.2, -0.15) is 0 Å². The lowest BCUT2D eigenvalue weighted by Gasteiger charge is -1.98. The van der Waals surface area contributed by atoms with Crippen LogP contribution in [0.5, 0.6) is 0 Å². The first-order valence-electron chi connectivity index (χ1n) is 14.2. The Labute approximate surface area is 242 Å². The van der Waals surface area contributed by atoms with E-state index in [4.69, 9.17) is 17.7 Å². The van der Waals surface area contributed by atoms with Gasteiger partial charge in [-0.1, -0.05) is 64.1 Å². The predicted molar refractivity (Wildman–Crippen MR) is 167 cm³/mol. The van der Waals surface area contributed by atoms with E-state index in [0.29, 0.717) is 23.6 Å². The molecular weight excluding hydrogens is 524 g/mol. The number of nitrogens with zero attached hydrogens (tertiary/aromatic N) is 2. The third-order valence-corrected chi connectivity index (χ3v) is 7.46. The molecule has 8 aromatic rings. The quantitative estimate of drug-likeness (QED) is 0.215. The summed E-state index contributed by atoms with van der Waals surface area (Å²) in [5.41, 5.74) is 6.37. The van der Waals surface area contributed by atoms with Crippen molar-refractivity contribution < 1.29 is 17.7 Å². The summed E-state index contributed by atoms with van der Waals surface area (Å²) in [5, 5.41) is 4.50. The summed E-state index contributed by atoms with van der Waals surface area (Å²) in [6, 6.07) is 28.3. The number of para-hydroxylation sites is 2. The second-order valence-electron chi connectivity index (χ2n) is 11.1. The lowest BCUT2D eigenvalue weighted by Crippen LogP contribution is -1.86. The summed E-state index contributed by atoms with van der Waals surface area (Å²) >= 11 is 0. The maximum atomic E-state index is 5.90. The van der Waals surface area contributed by atoms with Crippen molar-refractivity contribution in [1.82, 2.24) is 9.97 Å². The van der Waals surface area contributed by atoms with Crippen LogP contribution < -0.4 is 0 Å². The van der Waals surface area contributed by atoms with E-state index in [0.717, 1.165) is 66.5 Å². The van der Waals surface area contributed by atoms with Crippen LogP contribution in [0.3, 0.4) is 0 Å². The Bertz CT molecular complexity index is 2020. The summed E-state index contributed by atoms with van der Waals surface area (Å²) < 4.78 is 23.2. The van der Waals surface area contributed by atoms with E-state index in [9.17, 15) is 0 Å². The molecular formula is C36H30N2O4. The number of fused-ring (bicyclic) bond motifs is 6.